The molecule has 0 saturated carbocycles. The van der Waals surface area contributed by atoms with Gasteiger partial charge in [0, 0.05) is 10.5 Å². The molecule has 6 heteroatoms. The van der Waals surface area contributed by atoms with E-state index in [2.05, 4.69) is 20.7 Å². The van der Waals surface area contributed by atoms with E-state index in [9.17, 15) is 12.8 Å². The lowest BCUT2D eigenvalue weighted by Crippen LogP contribution is -2.34. The zero-order valence-corrected chi connectivity index (χ0v) is 12.8. The Morgan fingerprint density at radius 1 is 1.39 bits per heavy atom. The van der Waals surface area contributed by atoms with Gasteiger partial charge in [0.1, 0.15) is 10.7 Å². The van der Waals surface area contributed by atoms with Gasteiger partial charge in [0.2, 0.25) is 10.0 Å². The zero-order valence-electron chi connectivity index (χ0n) is 10.4. The molecule has 1 N–H and O–H groups in total. The monoisotopic (exact) mass is 337 g/mol. The van der Waals surface area contributed by atoms with Crippen LogP contribution in [0.3, 0.4) is 0 Å². The lowest BCUT2D eigenvalue weighted by atomic mass is 10.1. The number of benzene rings is 1. The Bertz CT molecular complexity index is 505. The minimum absolute atomic E-state index is 0.150. The summed E-state index contributed by atoms with van der Waals surface area (Å²) in [6.45, 7) is 3.89. The summed E-state index contributed by atoms with van der Waals surface area (Å²) in [6, 6.07) is 3.77. The van der Waals surface area contributed by atoms with Crippen LogP contribution in [0.2, 0.25) is 0 Å². The average molecular weight is 338 g/mol. The van der Waals surface area contributed by atoms with Gasteiger partial charge in [-0.15, -0.1) is 0 Å². The summed E-state index contributed by atoms with van der Waals surface area (Å²) in [4.78, 5) is -0.305. The van der Waals surface area contributed by atoms with Crippen LogP contribution in [-0.2, 0) is 10.0 Å². The Kier molecular flexibility index (Phi) is 5.75. The normalized spacial score (nSPS) is 13.6. The van der Waals surface area contributed by atoms with Gasteiger partial charge in [-0.2, -0.15) is 0 Å². The van der Waals surface area contributed by atoms with Crippen molar-refractivity contribution in [1.82, 2.24) is 4.72 Å². The maximum absolute atomic E-state index is 13.6. The molecule has 0 aliphatic carbocycles. The van der Waals surface area contributed by atoms with Gasteiger partial charge in [0.25, 0.3) is 0 Å². The van der Waals surface area contributed by atoms with Gasteiger partial charge in [-0.3, -0.25) is 0 Å². The van der Waals surface area contributed by atoms with E-state index in [1.807, 2.05) is 13.8 Å². The molecular weight excluding hydrogens is 321 g/mol. The van der Waals surface area contributed by atoms with Crippen molar-refractivity contribution in [2.75, 3.05) is 0 Å². The summed E-state index contributed by atoms with van der Waals surface area (Å²) in [5, 5.41) is 0. The summed E-state index contributed by atoms with van der Waals surface area (Å²) in [7, 11) is -3.79. The molecule has 0 aliphatic heterocycles. The van der Waals surface area contributed by atoms with Crippen molar-refractivity contribution in [3.8, 4) is 0 Å². The van der Waals surface area contributed by atoms with Crippen LogP contribution < -0.4 is 4.72 Å². The van der Waals surface area contributed by atoms with E-state index in [-0.39, 0.29) is 10.9 Å². The highest BCUT2D eigenvalue weighted by Gasteiger charge is 2.22. The molecule has 1 atom stereocenters. The molecule has 1 aromatic carbocycles. The molecule has 1 aromatic rings. The number of nitrogens with one attached hydrogen (secondary N) is 1. The van der Waals surface area contributed by atoms with E-state index in [1.165, 1.54) is 12.1 Å². The van der Waals surface area contributed by atoms with Crippen LogP contribution in [0.1, 0.15) is 33.1 Å². The van der Waals surface area contributed by atoms with Crippen molar-refractivity contribution < 1.29 is 12.8 Å². The van der Waals surface area contributed by atoms with E-state index >= 15 is 0 Å². The Morgan fingerprint density at radius 3 is 2.56 bits per heavy atom. The van der Waals surface area contributed by atoms with Gasteiger partial charge in [0.15, 0.2) is 0 Å². The van der Waals surface area contributed by atoms with Crippen LogP contribution in [0, 0.1) is 5.82 Å². The van der Waals surface area contributed by atoms with E-state index in [0.29, 0.717) is 10.9 Å². The lowest BCUT2D eigenvalue weighted by Gasteiger charge is -2.16. The fourth-order valence-electron chi connectivity index (χ4n) is 1.67. The number of hydrogen-bond acceptors (Lipinski definition) is 2. The highest BCUT2D eigenvalue weighted by Crippen LogP contribution is 2.20. The van der Waals surface area contributed by atoms with Gasteiger partial charge < -0.3 is 0 Å². The van der Waals surface area contributed by atoms with Crippen LogP contribution in [0.5, 0.6) is 0 Å². The number of sulfonamides is 1. The lowest BCUT2D eigenvalue weighted by molar-refractivity contribution is 0.505. The van der Waals surface area contributed by atoms with E-state index < -0.39 is 15.8 Å². The number of rotatable bonds is 6. The minimum atomic E-state index is -3.79. The smallest absolute Gasteiger partial charge is 0.208 e. The third-order valence-corrected chi connectivity index (χ3v) is 4.68. The molecule has 0 aliphatic rings. The molecule has 0 radical (unpaired) electrons. The molecule has 0 fully saturated rings. The molecule has 1 rings (SSSR count). The maximum Gasteiger partial charge on any atom is 0.243 e. The van der Waals surface area contributed by atoms with Gasteiger partial charge in [-0.25, -0.2) is 17.5 Å². The standard InChI is InChI=1S/C12H17BrFNO2S/c1-3-5-10(4-2)15-18(16,17)12-7-6-9(13)8-11(12)14/h6-8,10,15H,3-5H2,1-2H3. The molecule has 0 heterocycles. The van der Waals surface area contributed by atoms with Gasteiger partial charge in [-0.05, 0) is 31.0 Å². The predicted molar refractivity (Wildman–Crippen MR) is 73.4 cm³/mol. The summed E-state index contributed by atoms with van der Waals surface area (Å²) >= 11 is 3.10. The molecule has 18 heavy (non-hydrogen) atoms. The largest absolute Gasteiger partial charge is 0.243 e. The zero-order chi connectivity index (χ0) is 13.8. The van der Waals surface area contributed by atoms with Crippen molar-refractivity contribution in [2.45, 2.75) is 44.0 Å². The van der Waals surface area contributed by atoms with Crippen molar-refractivity contribution in [1.29, 1.82) is 0 Å². The minimum Gasteiger partial charge on any atom is -0.208 e. The van der Waals surface area contributed by atoms with Crippen molar-refractivity contribution in [2.24, 2.45) is 0 Å². The van der Waals surface area contributed by atoms with Crippen molar-refractivity contribution in [3.05, 3.63) is 28.5 Å². The molecule has 0 bridgehead atoms. The highest BCUT2D eigenvalue weighted by molar-refractivity contribution is 9.10. The van der Waals surface area contributed by atoms with Crippen LogP contribution in [0.4, 0.5) is 4.39 Å². The van der Waals surface area contributed by atoms with Crippen molar-refractivity contribution >= 4 is 26.0 Å². The highest BCUT2D eigenvalue weighted by atomic mass is 79.9. The fourth-order valence-corrected chi connectivity index (χ4v) is 3.42. The van der Waals surface area contributed by atoms with E-state index in [4.69, 9.17) is 0 Å². The Labute approximate surface area is 116 Å². The molecule has 0 aromatic heterocycles. The summed E-state index contributed by atoms with van der Waals surface area (Å²) < 4.78 is 40.8. The average Bonchev–Trinajstić information content (AvgIpc) is 2.27. The molecule has 3 nitrogen and oxygen atoms in total. The first-order valence-corrected chi connectivity index (χ1v) is 8.15. The second-order valence-electron chi connectivity index (χ2n) is 4.09. The molecule has 0 amide bonds. The summed E-state index contributed by atoms with van der Waals surface area (Å²) in [5.41, 5.74) is 0. The maximum atomic E-state index is 13.6. The second-order valence-corrected chi connectivity index (χ2v) is 6.69. The van der Waals surface area contributed by atoms with Crippen LogP contribution in [0.15, 0.2) is 27.6 Å². The first-order chi connectivity index (χ1) is 8.40. The van der Waals surface area contributed by atoms with Crippen LogP contribution in [-0.4, -0.2) is 14.5 Å². The van der Waals surface area contributed by atoms with Crippen LogP contribution in [0.25, 0.3) is 0 Å². The molecule has 1 unspecified atom stereocenters. The van der Waals surface area contributed by atoms with Gasteiger partial charge in [0.05, 0.1) is 0 Å². The number of hydrogen-bond donors (Lipinski definition) is 1. The Balaban J connectivity index is 2.99. The predicted octanol–water partition coefficient (Wildman–Crippen LogP) is 3.45. The van der Waals surface area contributed by atoms with E-state index in [0.717, 1.165) is 18.9 Å². The summed E-state index contributed by atoms with van der Waals surface area (Å²) in [6.07, 6.45) is 2.31. The molecule has 102 valence electrons. The molecular formula is C12H17BrFNO2S. The first-order valence-electron chi connectivity index (χ1n) is 5.88. The van der Waals surface area contributed by atoms with Crippen molar-refractivity contribution in [3.63, 3.8) is 0 Å². The van der Waals surface area contributed by atoms with Crippen LogP contribution >= 0.6 is 15.9 Å². The fraction of sp³-hybridized carbons (Fsp3) is 0.500. The number of halogens is 2. The Hall–Kier alpha value is -0.460. The third kappa shape index (κ3) is 4.03. The third-order valence-electron chi connectivity index (χ3n) is 2.64. The molecule has 0 saturated heterocycles. The topological polar surface area (TPSA) is 46.2 Å². The van der Waals surface area contributed by atoms with E-state index in [1.54, 1.807) is 0 Å². The Morgan fingerprint density at radius 2 is 2.06 bits per heavy atom. The first kappa shape index (κ1) is 15.6. The van der Waals surface area contributed by atoms with Gasteiger partial charge in [-0.1, -0.05) is 36.2 Å². The SMILES string of the molecule is CCCC(CC)NS(=O)(=O)c1ccc(Br)cc1F. The molecule has 0 spiro atoms. The second kappa shape index (κ2) is 6.63. The van der Waals surface area contributed by atoms with Gasteiger partial charge >= 0.3 is 0 Å². The quantitative estimate of drug-likeness (QED) is 0.864. The summed E-state index contributed by atoms with van der Waals surface area (Å²) in [5.74, 6) is -0.747.